The molecular formula is C12H17N7S. The average Bonchev–Trinajstić information content (AvgIpc) is 2.36. The van der Waals surface area contributed by atoms with Crippen LogP contribution in [0.15, 0.2) is 22.3 Å². The third-order valence-electron chi connectivity index (χ3n) is 2.43. The van der Waals surface area contributed by atoms with Crippen molar-refractivity contribution in [2.24, 2.45) is 0 Å². The van der Waals surface area contributed by atoms with Gasteiger partial charge >= 0.3 is 0 Å². The molecule has 0 amide bonds. The summed E-state index contributed by atoms with van der Waals surface area (Å²) in [5, 5.41) is 4.24. The summed E-state index contributed by atoms with van der Waals surface area (Å²) >= 11 is 1.30. The van der Waals surface area contributed by atoms with Crippen LogP contribution in [0.4, 0.5) is 17.5 Å². The zero-order valence-corrected chi connectivity index (χ0v) is 12.4. The fourth-order valence-electron chi connectivity index (χ4n) is 1.48. The second-order valence-corrected chi connectivity index (χ2v) is 5.44. The first kappa shape index (κ1) is 14.3. The SMILES string of the molecule is CNc1cc(Sc2nc(N)cc(N)n2)nc(C(C)C)n1. The summed E-state index contributed by atoms with van der Waals surface area (Å²) in [4.78, 5) is 17.1. The summed E-state index contributed by atoms with van der Waals surface area (Å²) in [5.74, 6) is 2.42. The summed E-state index contributed by atoms with van der Waals surface area (Å²) in [6.07, 6.45) is 0. The molecule has 0 fully saturated rings. The van der Waals surface area contributed by atoms with Crippen LogP contribution in [-0.4, -0.2) is 27.0 Å². The minimum atomic E-state index is 0.231. The van der Waals surface area contributed by atoms with Crippen molar-refractivity contribution in [2.45, 2.75) is 29.9 Å². The van der Waals surface area contributed by atoms with E-state index in [1.165, 1.54) is 17.8 Å². The Labute approximate surface area is 121 Å². The van der Waals surface area contributed by atoms with Gasteiger partial charge in [0.05, 0.1) is 0 Å². The van der Waals surface area contributed by atoms with E-state index in [4.69, 9.17) is 11.5 Å². The van der Waals surface area contributed by atoms with Gasteiger partial charge in [0, 0.05) is 25.1 Å². The third kappa shape index (κ3) is 3.47. The number of nitrogens with zero attached hydrogens (tertiary/aromatic N) is 4. The molecule has 0 aliphatic carbocycles. The van der Waals surface area contributed by atoms with Gasteiger partial charge in [0.25, 0.3) is 0 Å². The Morgan fingerprint density at radius 2 is 1.70 bits per heavy atom. The number of hydrogen-bond donors (Lipinski definition) is 3. The standard InChI is InChI=1S/C12H17N7S/c1-6(2)11-18-9(15-3)5-10(19-11)20-12-16-7(13)4-8(14)17-12/h4-6H,1-3H3,(H,15,18,19)(H4,13,14,16,17). The molecule has 2 aromatic rings. The molecule has 2 aromatic heterocycles. The molecule has 0 atom stereocenters. The molecule has 0 saturated heterocycles. The van der Waals surface area contributed by atoms with Gasteiger partial charge in [-0.3, -0.25) is 0 Å². The van der Waals surface area contributed by atoms with Crippen molar-refractivity contribution in [3.05, 3.63) is 18.0 Å². The quantitative estimate of drug-likeness (QED) is 0.576. The van der Waals surface area contributed by atoms with E-state index < -0.39 is 0 Å². The van der Waals surface area contributed by atoms with E-state index >= 15 is 0 Å². The number of nitrogen functional groups attached to an aromatic ring is 2. The highest BCUT2D eigenvalue weighted by Crippen LogP contribution is 2.27. The van der Waals surface area contributed by atoms with Gasteiger partial charge in [-0.05, 0) is 11.8 Å². The minimum Gasteiger partial charge on any atom is -0.383 e. The zero-order chi connectivity index (χ0) is 14.7. The first-order chi connectivity index (χ1) is 9.47. The maximum Gasteiger partial charge on any atom is 0.197 e. The van der Waals surface area contributed by atoms with Crippen LogP contribution in [0.2, 0.25) is 0 Å². The number of hydrogen-bond acceptors (Lipinski definition) is 8. The molecule has 0 aliphatic rings. The lowest BCUT2D eigenvalue weighted by Crippen LogP contribution is -2.03. The molecule has 0 aliphatic heterocycles. The van der Waals surface area contributed by atoms with Crippen LogP contribution in [0.1, 0.15) is 25.6 Å². The monoisotopic (exact) mass is 291 g/mol. The van der Waals surface area contributed by atoms with Gasteiger partial charge in [-0.1, -0.05) is 13.8 Å². The van der Waals surface area contributed by atoms with Crippen molar-refractivity contribution in [3.8, 4) is 0 Å². The molecule has 5 N–H and O–H groups in total. The van der Waals surface area contributed by atoms with E-state index in [0.29, 0.717) is 16.8 Å². The summed E-state index contributed by atoms with van der Waals surface area (Å²) in [7, 11) is 1.82. The lowest BCUT2D eigenvalue weighted by molar-refractivity contribution is 0.754. The van der Waals surface area contributed by atoms with E-state index in [2.05, 4.69) is 25.3 Å². The molecule has 0 bridgehead atoms. The van der Waals surface area contributed by atoms with Gasteiger partial charge in [0.15, 0.2) is 5.16 Å². The van der Waals surface area contributed by atoms with Crippen molar-refractivity contribution in [1.82, 2.24) is 19.9 Å². The maximum absolute atomic E-state index is 5.66. The maximum atomic E-state index is 5.66. The molecule has 8 heteroatoms. The van der Waals surface area contributed by atoms with Gasteiger partial charge in [-0.2, -0.15) is 0 Å². The molecule has 0 radical (unpaired) electrons. The van der Waals surface area contributed by atoms with E-state index in [1.54, 1.807) is 0 Å². The number of aromatic nitrogens is 4. The van der Waals surface area contributed by atoms with Crippen molar-refractivity contribution in [3.63, 3.8) is 0 Å². The summed E-state index contributed by atoms with van der Waals surface area (Å²) in [5.41, 5.74) is 11.3. The van der Waals surface area contributed by atoms with Crippen LogP contribution in [0.3, 0.4) is 0 Å². The predicted octanol–water partition coefficient (Wildman–Crippen LogP) is 1.75. The number of nitrogens with two attached hydrogens (primary N) is 2. The fourth-order valence-corrected chi connectivity index (χ4v) is 2.28. The van der Waals surface area contributed by atoms with Crippen molar-refractivity contribution >= 4 is 29.2 Å². The Morgan fingerprint density at radius 3 is 2.25 bits per heavy atom. The minimum absolute atomic E-state index is 0.231. The van der Waals surface area contributed by atoms with Crippen LogP contribution in [0.5, 0.6) is 0 Å². The average molecular weight is 291 g/mol. The zero-order valence-electron chi connectivity index (χ0n) is 11.6. The Morgan fingerprint density at radius 1 is 1.05 bits per heavy atom. The second kappa shape index (κ2) is 5.91. The Kier molecular flexibility index (Phi) is 4.23. The van der Waals surface area contributed by atoms with Crippen LogP contribution in [0.25, 0.3) is 0 Å². The van der Waals surface area contributed by atoms with Crippen molar-refractivity contribution in [1.29, 1.82) is 0 Å². The van der Waals surface area contributed by atoms with Gasteiger partial charge in [-0.25, -0.2) is 19.9 Å². The van der Waals surface area contributed by atoms with Crippen LogP contribution in [0, 0.1) is 0 Å². The van der Waals surface area contributed by atoms with Gasteiger partial charge < -0.3 is 16.8 Å². The molecular weight excluding hydrogens is 274 g/mol. The first-order valence-corrected chi connectivity index (χ1v) is 6.94. The topological polar surface area (TPSA) is 116 Å². The predicted molar refractivity (Wildman–Crippen MR) is 80.6 cm³/mol. The summed E-state index contributed by atoms with van der Waals surface area (Å²) in [6, 6.07) is 3.35. The number of anilines is 3. The molecule has 2 heterocycles. The number of rotatable bonds is 4. The highest BCUT2D eigenvalue weighted by molar-refractivity contribution is 7.99. The van der Waals surface area contributed by atoms with Gasteiger partial charge in [0.2, 0.25) is 0 Å². The van der Waals surface area contributed by atoms with Crippen LogP contribution >= 0.6 is 11.8 Å². The second-order valence-electron chi connectivity index (χ2n) is 4.46. The summed E-state index contributed by atoms with van der Waals surface area (Å²) < 4.78 is 0. The smallest absolute Gasteiger partial charge is 0.197 e. The normalized spacial score (nSPS) is 10.8. The van der Waals surface area contributed by atoms with Gasteiger partial charge in [-0.15, -0.1) is 0 Å². The molecule has 0 saturated carbocycles. The Balaban J connectivity index is 2.34. The van der Waals surface area contributed by atoms with Crippen LogP contribution in [-0.2, 0) is 0 Å². The Hall–Kier alpha value is -2.09. The lowest BCUT2D eigenvalue weighted by atomic mass is 10.2. The first-order valence-electron chi connectivity index (χ1n) is 6.12. The van der Waals surface area contributed by atoms with E-state index in [9.17, 15) is 0 Å². The molecule has 20 heavy (non-hydrogen) atoms. The fraction of sp³-hybridized carbons (Fsp3) is 0.333. The molecule has 7 nitrogen and oxygen atoms in total. The lowest BCUT2D eigenvalue weighted by Gasteiger charge is -2.09. The van der Waals surface area contributed by atoms with Crippen molar-refractivity contribution in [2.75, 3.05) is 23.8 Å². The summed E-state index contributed by atoms with van der Waals surface area (Å²) in [6.45, 7) is 4.08. The highest BCUT2D eigenvalue weighted by Gasteiger charge is 2.10. The molecule has 106 valence electrons. The van der Waals surface area contributed by atoms with E-state index in [-0.39, 0.29) is 5.92 Å². The van der Waals surface area contributed by atoms with Gasteiger partial charge in [0.1, 0.15) is 28.3 Å². The van der Waals surface area contributed by atoms with E-state index in [0.717, 1.165) is 16.7 Å². The molecule has 0 unspecified atom stereocenters. The van der Waals surface area contributed by atoms with Crippen LogP contribution < -0.4 is 16.8 Å². The molecule has 0 spiro atoms. The Bertz CT molecular complexity index is 594. The number of nitrogens with one attached hydrogen (secondary N) is 1. The van der Waals surface area contributed by atoms with Crippen molar-refractivity contribution < 1.29 is 0 Å². The van der Waals surface area contributed by atoms with E-state index in [1.807, 2.05) is 27.0 Å². The third-order valence-corrected chi connectivity index (χ3v) is 3.22. The molecule has 0 aromatic carbocycles. The highest BCUT2D eigenvalue weighted by atomic mass is 32.2. The molecule has 2 rings (SSSR count). The largest absolute Gasteiger partial charge is 0.383 e.